The van der Waals surface area contributed by atoms with E-state index >= 15 is 0 Å². The van der Waals surface area contributed by atoms with Crippen LogP contribution >= 0.6 is 0 Å². The van der Waals surface area contributed by atoms with E-state index < -0.39 is 6.09 Å². The summed E-state index contributed by atoms with van der Waals surface area (Å²) in [6, 6.07) is 6.10. The van der Waals surface area contributed by atoms with Gasteiger partial charge < -0.3 is 19.6 Å². The predicted octanol–water partition coefficient (Wildman–Crippen LogP) is 6.71. The van der Waals surface area contributed by atoms with Crippen LogP contribution in [0.2, 0.25) is 0 Å². The fourth-order valence-corrected chi connectivity index (χ4v) is 6.98. The lowest BCUT2D eigenvalue weighted by molar-refractivity contribution is -0.123. The summed E-state index contributed by atoms with van der Waals surface area (Å²) in [5.74, 6) is 3.67. The van der Waals surface area contributed by atoms with Crippen molar-refractivity contribution in [1.82, 2.24) is 20.3 Å². The molecule has 6 rings (SSSR count). The van der Waals surface area contributed by atoms with Gasteiger partial charge in [0.1, 0.15) is 17.8 Å². The summed E-state index contributed by atoms with van der Waals surface area (Å²) in [6.45, 7) is 3.11. The molecular formula is C34H43N5O5. The van der Waals surface area contributed by atoms with Crippen molar-refractivity contribution in [2.24, 2.45) is 17.8 Å². The maximum absolute atomic E-state index is 14.2. The minimum absolute atomic E-state index is 0.0975. The minimum atomic E-state index is -0.996. The highest BCUT2D eigenvalue weighted by Crippen LogP contribution is 2.41. The van der Waals surface area contributed by atoms with Crippen molar-refractivity contribution in [3.8, 4) is 17.1 Å². The first-order valence-electron chi connectivity index (χ1n) is 16.1. The third-order valence-electron chi connectivity index (χ3n) is 9.77. The first-order chi connectivity index (χ1) is 21.4. The number of oxazole rings is 1. The van der Waals surface area contributed by atoms with Crippen molar-refractivity contribution in [3.63, 3.8) is 0 Å². The van der Waals surface area contributed by atoms with Crippen LogP contribution in [0.25, 0.3) is 11.3 Å². The third-order valence-corrected chi connectivity index (χ3v) is 9.77. The Kier molecular flexibility index (Phi) is 9.14. The molecule has 0 spiro atoms. The number of pyridine rings is 2. The van der Waals surface area contributed by atoms with Gasteiger partial charge in [-0.15, -0.1) is 0 Å². The molecule has 3 aromatic rings. The number of carboxylic acid groups (broad SMARTS) is 1. The van der Waals surface area contributed by atoms with Crippen molar-refractivity contribution < 1.29 is 23.8 Å². The largest absolute Gasteiger partial charge is 0.481 e. The Bertz CT molecular complexity index is 1450. The Balaban J connectivity index is 1.17. The number of carbonyl (C=O) groups excluding carboxylic acids is 1. The molecule has 3 fully saturated rings. The molecule has 234 valence electrons. The van der Waals surface area contributed by atoms with Crippen LogP contribution in [0.3, 0.4) is 0 Å². The molecule has 10 heteroatoms. The summed E-state index contributed by atoms with van der Waals surface area (Å²) in [5, 5.41) is 11.5. The molecule has 0 aromatic carbocycles. The average molecular weight is 602 g/mol. The second kappa shape index (κ2) is 13.4. The Morgan fingerprint density at radius 1 is 1.00 bits per heavy atom. The number of nitrogens with zero attached hydrogens (tertiary/aromatic N) is 4. The normalized spacial score (nSPS) is 23.6. The van der Waals surface area contributed by atoms with Gasteiger partial charge in [-0.2, -0.15) is 0 Å². The zero-order valence-electron chi connectivity index (χ0n) is 25.7. The fraction of sp³-hybridized carbons (Fsp3) is 0.559. The number of hydrogen-bond acceptors (Lipinski definition) is 7. The smallest absolute Gasteiger partial charge is 0.404 e. The van der Waals surface area contributed by atoms with Gasteiger partial charge >= 0.3 is 6.09 Å². The summed E-state index contributed by atoms with van der Waals surface area (Å²) < 4.78 is 11.1. The number of hydrogen-bond donors (Lipinski definition) is 2. The lowest BCUT2D eigenvalue weighted by Crippen LogP contribution is -2.42. The number of rotatable bonds is 10. The highest BCUT2D eigenvalue weighted by molar-refractivity contribution is 5.94. The SMILES string of the molecule is COc1ncc([C@H]2CC[C@H](CN(c3cc(-c4coc(C5CC5)n4)ccn3)C(=O)[C@H]3CC[C@H](CNC(=O)O)CC3)CC2)cc1C. The Morgan fingerprint density at radius 2 is 1.73 bits per heavy atom. The number of nitrogens with one attached hydrogen (secondary N) is 1. The molecule has 2 N–H and O–H groups in total. The van der Waals surface area contributed by atoms with E-state index in [4.69, 9.17) is 24.2 Å². The number of aromatic nitrogens is 3. The molecule has 0 atom stereocenters. The zero-order valence-corrected chi connectivity index (χ0v) is 25.7. The maximum atomic E-state index is 14.2. The van der Waals surface area contributed by atoms with E-state index in [9.17, 15) is 9.59 Å². The topological polar surface area (TPSA) is 131 Å². The first kappa shape index (κ1) is 30.1. The van der Waals surface area contributed by atoms with Crippen molar-refractivity contribution >= 4 is 17.8 Å². The quantitative estimate of drug-likeness (QED) is 0.262. The summed E-state index contributed by atoms with van der Waals surface area (Å²) in [7, 11) is 1.65. The van der Waals surface area contributed by atoms with E-state index in [-0.39, 0.29) is 17.7 Å². The van der Waals surface area contributed by atoms with Crippen LogP contribution in [0, 0.1) is 24.7 Å². The lowest BCUT2D eigenvalue weighted by Gasteiger charge is -2.35. The molecular weight excluding hydrogens is 558 g/mol. The predicted molar refractivity (Wildman–Crippen MR) is 166 cm³/mol. The van der Waals surface area contributed by atoms with Gasteiger partial charge in [0.05, 0.1) is 7.11 Å². The summed E-state index contributed by atoms with van der Waals surface area (Å²) >= 11 is 0. The molecule has 0 bridgehead atoms. The fourth-order valence-electron chi connectivity index (χ4n) is 6.98. The van der Waals surface area contributed by atoms with Gasteiger partial charge in [0.2, 0.25) is 11.8 Å². The molecule has 2 amide bonds. The molecule has 10 nitrogen and oxygen atoms in total. The molecule has 0 saturated heterocycles. The Morgan fingerprint density at radius 3 is 2.41 bits per heavy atom. The molecule has 3 heterocycles. The van der Waals surface area contributed by atoms with Gasteiger partial charge in [0.15, 0.2) is 5.89 Å². The van der Waals surface area contributed by atoms with Crippen LogP contribution in [-0.4, -0.2) is 52.3 Å². The molecule has 3 aliphatic rings. The van der Waals surface area contributed by atoms with E-state index in [1.165, 1.54) is 5.56 Å². The van der Waals surface area contributed by atoms with Crippen LogP contribution in [0.1, 0.15) is 93.1 Å². The van der Waals surface area contributed by atoms with Gasteiger partial charge in [-0.25, -0.2) is 19.7 Å². The van der Waals surface area contributed by atoms with Crippen LogP contribution in [0.4, 0.5) is 10.6 Å². The van der Waals surface area contributed by atoms with Gasteiger partial charge in [0, 0.05) is 48.4 Å². The molecule has 0 radical (unpaired) electrons. The Labute approximate surface area is 258 Å². The van der Waals surface area contributed by atoms with Crippen molar-refractivity contribution in [2.75, 3.05) is 25.1 Å². The second-order valence-electron chi connectivity index (χ2n) is 12.9. The van der Waals surface area contributed by atoms with E-state index in [0.717, 1.165) is 86.9 Å². The lowest BCUT2D eigenvalue weighted by atomic mass is 9.78. The van der Waals surface area contributed by atoms with E-state index in [1.807, 2.05) is 30.2 Å². The first-order valence-corrected chi connectivity index (χ1v) is 16.1. The van der Waals surface area contributed by atoms with E-state index in [0.29, 0.717) is 42.5 Å². The number of amides is 2. The summed E-state index contributed by atoms with van der Waals surface area (Å²) in [6.07, 6.45) is 14.0. The molecule has 0 aliphatic heterocycles. The van der Waals surface area contributed by atoms with Crippen LogP contribution in [0.5, 0.6) is 5.88 Å². The Hall–Kier alpha value is -3.95. The molecule has 44 heavy (non-hydrogen) atoms. The number of aryl methyl sites for hydroxylation is 1. The summed E-state index contributed by atoms with van der Waals surface area (Å²) in [5.41, 5.74) is 3.99. The van der Waals surface area contributed by atoms with E-state index in [2.05, 4.69) is 16.4 Å². The number of anilines is 1. The number of methoxy groups -OCH3 is 1. The maximum Gasteiger partial charge on any atom is 0.404 e. The second-order valence-corrected chi connectivity index (χ2v) is 12.9. The number of carbonyl (C=O) groups is 2. The van der Waals surface area contributed by atoms with Gasteiger partial charge in [-0.1, -0.05) is 0 Å². The van der Waals surface area contributed by atoms with Gasteiger partial charge in [-0.3, -0.25) is 9.69 Å². The minimum Gasteiger partial charge on any atom is -0.481 e. The average Bonchev–Trinajstić information content (AvgIpc) is 3.78. The molecule has 3 aromatic heterocycles. The molecule has 0 unspecified atom stereocenters. The molecule has 3 saturated carbocycles. The third kappa shape index (κ3) is 7.05. The molecule has 3 aliphatic carbocycles. The van der Waals surface area contributed by atoms with Crippen molar-refractivity contribution in [2.45, 2.75) is 83.0 Å². The van der Waals surface area contributed by atoms with E-state index in [1.54, 1.807) is 19.6 Å². The summed E-state index contributed by atoms with van der Waals surface area (Å²) in [4.78, 5) is 41.0. The standard InChI is InChI=1S/C34H43N5O5/c1-21-15-28(18-36-31(21)43-2)24-7-5-23(6-8-24)19-39(33(40)26-9-3-22(4-10-26)17-37-34(41)42)30-16-27(13-14-35-30)29-20-44-32(38-29)25-11-12-25/h13-16,18,20,22-26,37H,3-12,17,19H2,1-2H3,(H,41,42)/t22-,23-,24-,26-. The van der Waals surface area contributed by atoms with Crippen molar-refractivity contribution in [1.29, 1.82) is 0 Å². The highest BCUT2D eigenvalue weighted by Gasteiger charge is 2.34. The van der Waals surface area contributed by atoms with Crippen LogP contribution < -0.4 is 15.0 Å². The highest BCUT2D eigenvalue weighted by atomic mass is 16.5. The van der Waals surface area contributed by atoms with Crippen LogP contribution in [0.15, 0.2) is 41.3 Å². The van der Waals surface area contributed by atoms with Gasteiger partial charge in [-0.05, 0) is 113 Å². The van der Waals surface area contributed by atoms with Crippen LogP contribution in [-0.2, 0) is 4.79 Å². The monoisotopic (exact) mass is 601 g/mol. The number of ether oxygens (including phenoxy) is 1. The zero-order chi connectivity index (χ0) is 30.6. The van der Waals surface area contributed by atoms with Gasteiger partial charge in [0.25, 0.3) is 0 Å². The van der Waals surface area contributed by atoms with Crippen molar-refractivity contribution in [3.05, 3.63) is 53.9 Å².